The molecule has 0 saturated heterocycles. The molecule has 8 heteroatoms. The molecule has 0 aliphatic carbocycles. The van der Waals surface area contributed by atoms with Gasteiger partial charge in [0.25, 0.3) is 0 Å². The molecular weight excluding hydrogens is 231 g/mol. The quantitative estimate of drug-likeness (QED) is 0.383. The van der Waals surface area contributed by atoms with Crippen LogP contribution >= 0.6 is 7.81 Å². The van der Waals surface area contributed by atoms with Crippen molar-refractivity contribution in [1.82, 2.24) is 0 Å². The molecule has 0 fully saturated rings. The molecule has 0 bridgehead atoms. The second-order valence-electron chi connectivity index (χ2n) is 3.53. The summed E-state index contributed by atoms with van der Waals surface area (Å²) < 4.78 is 60.3. The molecule has 0 aromatic carbocycles. The summed E-state index contributed by atoms with van der Waals surface area (Å²) in [5.74, 6) is 0. The van der Waals surface area contributed by atoms with E-state index in [9.17, 15) is 25.2 Å². The number of halogens is 6. The molecule has 0 atom stereocenters. The van der Waals surface area contributed by atoms with Crippen LogP contribution in [0.4, 0.5) is 25.2 Å². The Hall–Kier alpha value is -0.0300. The van der Waals surface area contributed by atoms with Crippen LogP contribution in [0.3, 0.4) is 0 Å². The first-order valence-corrected chi connectivity index (χ1v) is 5.98. The molecule has 0 radical (unpaired) electrons. The topological polar surface area (TPSA) is 0 Å². The van der Waals surface area contributed by atoms with E-state index < -0.39 is 7.81 Å². The fourth-order valence-electron chi connectivity index (χ4n) is 0.224. The zero-order chi connectivity index (χ0) is 12.3. The molecule has 1 nitrogen and oxygen atoms in total. The number of hydrogen-bond acceptors (Lipinski definition) is 0. The third-order valence-electron chi connectivity index (χ3n) is 1.71. The van der Waals surface area contributed by atoms with Crippen LogP contribution in [0, 0.1) is 0 Å². The van der Waals surface area contributed by atoms with Gasteiger partial charge in [-0.05, 0) is 13.8 Å². The van der Waals surface area contributed by atoms with Crippen LogP contribution in [0.25, 0.3) is 0 Å². The maximum absolute atomic E-state index is 10.7. The van der Waals surface area contributed by atoms with Crippen LogP contribution in [0.1, 0.15) is 13.8 Å². The summed E-state index contributed by atoms with van der Waals surface area (Å²) in [6.45, 7) is 6.89. The Morgan fingerprint density at radius 3 is 0.929 bits per heavy atom. The molecule has 0 aliphatic rings. The number of hydrogen-bond donors (Lipinski definition) is 0. The summed E-state index contributed by atoms with van der Waals surface area (Å²) in [5.41, 5.74) is 0. The van der Waals surface area contributed by atoms with Crippen molar-refractivity contribution in [2.75, 3.05) is 27.2 Å². The van der Waals surface area contributed by atoms with Crippen LogP contribution in [-0.4, -0.2) is 31.7 Å². The third-order valence-corrected chi connectivity index (χ3v) is 1.71. The van der Waals surface area contributed by atoms with Crippen LogP contribution in [-0.2, 0) is 0 Å². The van der Waals surface area contributed by atoms with Gasteiger partial charge in [-0.25, -0.2) is 0 Å². The first-order valence-electron chi connectivity index (χ1n) is 3.96. The summed E-state index contributed by atoms with van der Waals surface area (Å²) in [4.78, 5) is 0. The average molecular weight is 247 g/mol. The standard InChI is InChI=1S/C6H16N.F6P/c1-5-7(3,4)6-2;1-7(2,3,4,5)6/h5-6H2,1-4H3;/q+1;-1. The SMILES string of the molecule is CC[N+](C)(C)CC.F[P-](F)(F)(F)(F)F. The van der Waals surface area contributed by atoms with Gasteiger partial charge >= 0.3 is 33.0 Å². The Bertz CT molecular complexity index is 162. The summed E-state index contributed by atoms with van der Waals surface area (Å²) in [5, 5.41) is 0. The fourth-order valence-corrected chi connectivity index (χ4v) is 0.224. The van der Waals surface area contributed by atoms with Crippen molar-refractivity contribution < 1.29 is 29.7 Å². The Morgan fingerprint density at radius 2 is 0.929 bits per heavy atom. The Kier molecular flexibility index (Phi) is 4.13. The molecule has 0 aromatic rings. The van der Waals surface area contributed by atoms with Crippen molar-refractivity contribution in [1.29, 1.82) is 0 Å². The van der Waals surface area contributed by atoms with E-state index in [-0.39, 0.29) is 0 Å². The molecule has 0 amide bonds. The second-order valence-corrected chi connectivity index (χ2v) is 5.44. The van der Waals surface area contributed by atoms with Crippen molar-refractivity contribution in [3.8, 4) is 0 Å². The van der Waals surface area contributed by atoms with Gasteiger partial charge in [0.1, 0.15) is 0 Å². The van der Waals surface area contributed by atoms with E-state index in [1.165, 1.54) is 13.1 Å². The Balaban J connectivity index is 0. The van der Waals surface area contributed by atoms with Crippen LogP contribution in [0.5, 0.6) is 0 Å². The molecule has 0 unspecified atom stereocenters. The van der Waals surface area contributed by atoms with Gasteiger partial charge in [-0.2, -0.15) is 0 Å². The molecule has 0 N–H and O–H groups in total. The van der Waals surface area contributed by atoms with Gasteiger partial charge in [0, 0.05) is 0 Å². The molecule has 14 heavy (non-hydrogen) atoms. The number of nitrogens with zero attached hydrogens (tertiary/aromatic N) is 1. The second kappa shape index (κ2) is 3.52. The summed E-state index contributed by atoms with van der Waals surface area (Å²) in [7, 11) is -6.19. The third kappa shape index (κ3) is 40.4. The molecule has 92 valence electrons. The molecule has 0 spiro atoms. The van der Waals surface area contributed by atoms with Gasteiger partial charge in [0.15, 0.2) is 0 Å². The predicted molar refractivity (Wildman–Crippen MR) is 46.8 cm³/mol. The number of quaternary nitrogens is 1. The molecule has 0 heterocycles. The van der Waals surface area contributed by atoms with Crippen LogP contribution in [0.15, 0.2) is 0 Å². The predicted octanol–water partition coefficient (Wildman–Crippen LogP) is 4.49. The van der Waals surface area contributed by atoms with E-state index in [4.69, 9.17) is 0 Å². The van der Waals surface area contributed by atoms with E-state index >= 15 is 0 Å². The normalized spacial score (nSPS) is 17.6. The van der Waals surface area contributed by atoms with Gasteiger partial charge in [-0.1, -0.05) is 0 Å². The number of rotatable bonds is 2. The van der Waals surface area contributed by atoms with Gasteiger partial charge < -0.3 is 4.48 Å². The van der Waals surface area contributed by atoms with E-state index in [0.717, 1.165) is 4.48 Å². The van der Waals surface area contributed by atoms with Crippen molar-refractivity contribution in [3.05, 3.63) is 0 Å². The van der Waals surface area contributed by atoms with E-state index in [1.807, 2.05) is 0 Å². The van der Waals surface area contributed by atoms with Crippen molar-refractivity contribution in [2.45, 2.75) is 13.8 Å². The van der Waals surface area contributed by atoms with E-state index in [0.29, 0.717) is 0 Å². The zero-order valence-corrected chi connectivity index (χ0v) is 9.47. The molecule has 0 saturated carbocycles. The molecule has 0 rings (SSSR count). The van der Waals surface area contributed by atoms with Crippen molar-refractivity contribution in [2.24, 2.45) is 0 Å². The van der Waals surface area contributed by atoms with Crippen molar-refractivity contribution in [3.63, 3.8) is 0 Å². The van der Waals surface area contributed by atoms with Crippen LogP contribution < -0.4 is 0 Å². The molecule has 0 aliphatic heterocycles. The first-order chi connectivity index (χ1) is 5.57. The van der Waals surface area contributed by atoms with Gasteiger partial charge in [0.05, 0.1) is 27.2 Å². The van der Waals surface area contributed by atoms with E-state index in [2.05, 4.69) is 27.9 Å². The van der Waals surface area contributed by atoms with Crippen molar-refractivity contribution >= 4 is 7.81 Å². The van der Waals surface area contributed by atoms with Gasteiger partial charge in [0.2, 0.25) is 0 Å². The summed E-state index contributed by atoms with van der Waals surface area (Å²) >= 11 is 0. The van der Waals surface area contributed by atoms with Crippen LogP contribution in [0.2, 0.25) is 0 Å². The Labute approximate surface area is 79.5 Å². The van der Waals surface area contributed by atoms with E-state index in [1.54, 1.807) is 0 Å². The average Bonchev–Trinajstić information content (AvgIpc) is 1.81. The minimum atomic E-state index is -10.7. The molecule has 0 aromatic heterocycles. The minimum absolute atomic E-state index is 1.14. The molecular formula is C6H16F6NP. The fraction of sp³-hybridized carbons (Fsp3) is 1.00. The first kappa shape index (κ1) is 16.4. The summed E-state index contributed by atoms with van der Waals surface area (Å²) in [6, 6.07) is 0. The zero-order valence-electron chi connectivity index (χ0n) is 8.58. The maximum atomic E-state index is 9.87. The van der Waals surface area contributed by atoms with Gasteiger partial charge in [-0.3, -0.25) is 0 Å². The summed E-state index contributed by atoms with van der Waals surface area (Å²) in [6.07, 6.45) is 0. The Morgan fingerprint density at radius 1 is 0.786 bits per heavy atom. The monoisotopic (exact) mass is 247 g/mol. The van der Waals surface area contributed by atoms with Gasteiger partial charge in [-0.15, -0.1) is 0 Å².